The highest BCUT2D eigenvalue weighted by Gasteiger charge is 2.41. The van der Waals surface area contributed by atoms with E-state index in [0.717, 1.165) is 45.6 Å². The summed E-state index contributed by atoms with van der Waals surface area (Å²) in [7, 11) is 0. The molecule has 2 aliphatic rings. The topological polar surface area (TPSA) is 26.7 Å². The number of piperidine rings is 1. The SMILES string of the molecule is OCCN1CC[C@]2(CCCN(Cc3cccc(F)c3F)C2)C1. The van der Waals surface area contributed by atoms with Crippen molar-refractivity contribution in [3.05, 3.63) is 35.4 Å². The molecular weight excluding hydrogens is 286 g/mol. The predicted molar refractivity (Wildman–Crippen MR) is 81.4 cm³/mol. The lowest BCUT2D eigenvalue weighted by Gasteiger charge is -2.40. The van der Waals surface area contributed by atoms with E-state index in [4.69, 9.17) is 5.11 Å². The van der Waals surface area contributed by atoms with Crippen molar-refractivity contribution < 1.29 is 13.9 Å². The minimum absolute atomic E-state index is 0.203. The molecule has 0 aromatic heterocycles. The van der Waals surface area contributed by atoms with Gasteiger partial charge in [-0.15, -0.1) is 0 Å². The molecule has 122 valence electrons. The van der Waals surface area contributed by atoms with Gasteiger partial charge in [-0.25, -0.2) is 8.78 Å². The Bertz CT molecular complexity index is 525. The van der Waals surface area contributed by atoms with E-state index < -0.39 is 11.6 Å². The molecule has 1 aromatic carbocycles. The lowest BCUT2D eigenvalue weighted by atomic mass is 9.79. The average Bonchev–Trinajstić information content (AvgIpc) is 2.87. The highest BCUT2D eigenvalue weighted by molar-refractivity contribution is 5.19. The summed E-state index contributed by atoms with van der Waals surface area (Å²) in [6.07, 6.45) is 3.43. The number of likely N-dealkylation sites (tertiary alicyclic amines) is 2. The van der Waals surface area contributed by atoms with Crippen molar-refractivity contribution in [3.8, 4) is 0 Å². The number of aliphatic hydroxyl groups excluding tert-OH is 1. The van der Waals surface area contributed by atoms with E-state index in [1.165, 1.54) is 12.5 Å². The molecule has 0 unspecified atom stereocenters. The lowest BCUT2D eigenvalue weighted by Crippen LogP contribution is -2.44. The van der Waals surface area contributed by atoms with Crippen LogP contribution in [0.2, 0.25) is 0 Å². The molecule has 0 bridgehead atoms. The Balaban J connectivity index is 1.65. The summed E-state index contributed by atoms with van der Waals surface area (Å²) in [6, 6.07) is 4.42. The van der Waals surface area contributed by atoms with Crippen LogP contribution < -0.4 is 0 Å². The van der Waals surface area contributed by atoms with Crippen LogP contribution >= 0.6 is 0 Å². The highest BCUT2D eigenvalue weighted by Crippen LogP contribution is 2.39. The van der Waals surface area contributed by atoms with E-state index in [1.54, 1.807) is 12.1 Å². The van der Waals surface area contributed by atoms with Crippen LogP contribution in [-0.2, 0) is 6.54 Å². The van der Waals surface area contributed by atoms with Crippen molar-refractivity contribution in [2.75, 3.05) is 39.3 Å². The van der Waals surface area contributed by atoms with E-state index >= 15 is 0 Å². The Morgan fingerprint density at radius 3 is 2.73 bits per heavy atom. The number of nitrogens with zero attached hydrogens (tertiary/aromatic N) is 2. The molecule has 1 N–H and O–H groups in total. The van der Waals surface area contributed by atoms with Crippen molar-refractivity contribution in [2.45, 2.75) is 25.8 Å². The Morgan fingerprint density at radius 2 is 1.91 bits per heavy atom. The Labute approximate surface area is 130 Å². The number of aliphatic hydroxyl groups is 1. The highest BCUT2D eigenvalue weighted by atomic mass is 19.2. The van der Waals surface area contributed by atoms with Gasteiger partial charge >= 0.3 is 0 Å². The summed E-state index contributed by atoms with van der Waals surface area (Å²) in [5, 5.41) is 9.09. The number of hydrogen-bond acceptors (Lipinski definition) is 3. The molecule has 2 fully saturated rings. The summed E-state index contributed by atoms with van der Waals surface area (Å²) in [6.45, 7) is 5.33. The molecule has 1 spiro atoms. The number of halogens is 2. The first-order valence-electron chi connectivity index (χ1n) is 8.10. The summed E-state index contributed by atoms with van der Waals surface area (Å²) < 4.78 is 27.2. The van der Waals surface area contributed by atoms with Crippen molar-refractivity contribution in [2.24, 2.45) is 5.41 Å². The maximum absolute atomic E-state index is 13.9. The molecule has 2 saturated heterocycles. The van der Waals surface area contributed by atoms with Crippen LogP contribution in [0.4, 0.5) is 8.78 Å². The summed E-state index contributed by atoms with van der Waals surface area (Å²) in [5.41, 5.74) is 0.708. The first kappa shape index (κ1) is 15.8. The van der Waals surface area contributed by atoms with Gasteiger partial charge in [0.25, 0.3) is 0 Å². The second-order valence-corrected chi connectivity index (χ2v) is 6.78. The van der Waals surface area contributed by atoms with Crippen LogP contribution in [0.3, 0.4) is 0 Å². The van der Waals surface area contributed by atoms with Crippen LogP contribution in [-0.4, -0.2) is 54.2 Å². The van der Waals surface area contributed by atoms with Gasteiger partial charge in [-0.1, -0.05) is 12.1 Å². The standard InChI is InChI=1S/C17H24F2N2O/c18-15-4-1-3-14(16(15)19)11-21-7-2-5-17(13-21)6-8-20(12-17)9-10-22/h1,3-4,22H,2,5-13H2/t17-/m1/s1. The third-order valence-electron chi connectivity index (χ3n) is 5.10. The Hall–Kier alpha value is -1.04. The fourth-order valence-electron chi connectivity index (χ4n) is 4.05. The largest absolute Gasteiger partial charge is 0.395 e. The Morgan fingerprint density at radius 1 is 1.09 bits per heavy atom. The molecule has 0 amide bonds. The summed E-state index contributed by atoms with van der Waals surface area (Å²) >= 11 is 0. The van der Waals surface area contributed by atoms with Crippen molar-refractivity contribution >= 4 is 0 Å². The molecule has 22 heavy (non-hydrogen) atoms. The van der Waals surface area contributed by atoms with E-state index in [2.05, 4.69) is 9.80 Å². The molecule has 0 radical (unpaired) electrons. The number of rotatable bonds is 4. The first-order chi connectivity index (χ1) is 10.6. The first-order valence-corrected chi connectivity index (χ1v) is 8.10. The zero-order valence-electron chi connectivity index (χ0n) is 12.9. The molecule has 1 atom stereocenters. The van der Waals surface area contributed by atoms with Crippen molar-refractivity contribution in [1.29, 1.82) is 0 Å². The quantitative estimate of drug-likeness (QED) is 0.924. The number of β-amino-alcohol motifs (C(OH)–C–C–N with tert-alkyl or cyclic N) is 1. The second kappa shape index (κ2) is 6.60. The normalized spacial score (nSPS) is 26.9. The molecule has 1 aromatic rings. The van der Waals surface area contributed by atoms with Gasteiger partial charge in [-0.2, -0.15) is 0 Å². The molecule has 3 rings (SSSR count). The smallest absolute Gasteiger partial charge is 0.163 e. The van der Waals surface area contributed by atoms with E-state index in [1.807, 2.05) is 0 Å². The molecule has 3 nitrogen and oxygen atoms in total. The van der Waals surface area contributed by atoms with Gasteiger partial charge in [0.15, 0.2) is 11.6 Å². The maximum Gasteiger partial charge on any atom is 0.163 e. The fourth-order valence-corrected chi connectivity index (χ4v) is 4.05. The van der Waals surface area contributed by atoms with Crippen LogP contribution in [0.5, 0.6) is 0 Å². The van der Waals surface area contributed by atoms with Gasteiger partial charge in [-0.05, 0) is 43.8 Å². The van der Waals surface area contributed by atoms with Crippen molar-refractivity contribution in [3.63, 3.8) is 0 Å². The van der Waals surface area contributed by atoms with E-state index in [0.29, 0.717) is 12.1 Å². The minimum atomic E-state index is -0.765. The number of hydrogen-bond donors (Lipinski definition) is 1. The fraction of sp³-hybridized carbons (Fsp3) is 0.647. The van der Waals surface area contributed by atoms with Gasteiger partial charge < -0.3 is 10.0 Å². The summed E-state index contributed by atoms with van der Waals surface area (Å²) in [4.78, 5) is 4.57. The maximum atomic E-state index is 13.9. The van der Waals surface area contributed by atoms with Crippen LogP contribution in [0.25, 0.3) is 0 Å². The van der Waals surface area contributed by atoms with Crippen LogP contribution in [0.15, 0.2) is 18.2 Å². The molecule has 2 heterocycles. The number of benzene rings is 1. The molecular formula is C17H24F2N2O. The molecule has 0 saturated carbocycles. The van der Waals surface area contributed by atoms with Crippen molar-refractivity contribution in [1.82, 2.24) is 9.80 Å². The molecule has 0 aliphatic carbocycles. The lowest BCUT2D eigenvalue weighted by molar-refractivity contribution is 0.0840. The third-order valence-corrected chi connectivity index (χ3v) is 5.10. The van der Waals surface area contributed by atoms with Crippen LogP contribution in [0.1, 0.15) is 24.8 Å². The van der Waals surface area contributed by atoms with E-state index in [-0.39, 0.29) is 12.0 Å². The second-order valence-electron chi connectivity index (χ2n) is 6.78. The van der Waals surface area contributed by atoms with Gasteiger partial charge in [-0.3, -0.25) is 4.90 Å². The zero-order valence-corrected chi connectivity index (χ0v) is 12.9. The third kappa shape index (κ3) is 3.31. The van der Waals surface area contributed by atoms with Gasteiger partial charge in [0, 0.05) is 31.7 Å². The van der Waals surface area contributed by atoms with Gasteiger partial charge in [0.2, 0.25) is 0 Å². The minimum Gasteiger partial charge on any atom is -0.395 e. The van der Waals surface area contributed by atoms with Gasteiger partial charge in [0.05, 0.1) is 6.61 Å². The van der Waals surface area contributed by atoms with E-state index in [9.17, 15) is 8.78 Å². The Kier molecular flexibility index (Phi) is 4.76. The monoisotopic (exact) mass is 310 g/mol. The van der Waals surface area contributed by atoms with Gasteiger partial charge in [0.1, 0.15) is 0 Å². The average molecular weight is 310 g/mol. The molecule has 5 heteroatoms. The van der Waals surface area contributed by atoms with Crippen LogP contribution in [0, 0.1) is 17.0 Å². The summed E-state index contributed by atoms with van der Waals surface area (Å²) in [5.74, 6) is -1.48. The predicted octanol–water partition coefficient (Wildman–Crippen LogP) is 2.25. The molecule has 2 aliphatic heterocycles. The zero-order chi connectivity index (χ0) is 15.6.